The van der Waals surface area contributed by atoms with Crippen LogP contribution in [0.4, 0.5) is 11.4 Å². The molecule has 4 rings (SSSR count). The Hall–Kier alpha value is -2.33. The number of nitrogens with one attached hydrogen (secondary N) is 1. The molecule has 2 aromatic rings. The predicted octanol–water partition coefficient (Wildman–Crippen LogP) is 4.04. The van der Waals surface area contributed by atoms with Gasteiger partial charge in [0.05, 0.1) is 10.7 Å². The van der Waals surface area contributed by atoms with Gasteiger partial charge >= 0.3 is 0 Å². The minimum atomic E-state index is -0.955. The molecule has 0 unspecified atom stereocenters. The van der Waals surface area contributed by atoms with E-state index < -0.39 is 5.41 Å². The molecule has 1 aliphatic heterocycles. The van der Waals surface area contributed by atoms with Crippen LogP contribution in [-0.2, 0) is 16.0 Å². The molecular formula is C20H19ClN2O2. The topological polar surface area (TPSA) is 49.4 Å². The molecule has 1 N–H and O–H groups in total. The van der Waals surface area contributed by atoms with Gasteiger partial charge in [-0.3, -0.25) is 9.59 Å². The van der Waals surface area contributed by atoms with Crippen molar-refractivity contribution in [1.29, 1.82) is 0 Å². The lowest BCUT2D eigenvalue weighted by Crippen LogP contribution is -2.45. The molecule has 0 atom stereocenters. The summed E-state index contributed by atoms with van der Waals surface area (Å²) < 4.78 is 0. The minimum Gasteiger partial charge on any atom is -0.324 e. The third-order valence-corrected chi connectivity index (χ3v) is 5.40. The van der Waals surface area contributed by atoms with Crippen LogP contribution in [-0.4, -0.2) is 18.4 Å². The summed E-state index contributed by atoms with van der Waals surface area (Å²) in [6.07, 6.45) is 3.06. The van der Waals surface area contributed by atoms with E-state index in [4.69, 9.17) is 11.6 Å². The van der Waals surface area contributed by atoms with Gasteiger partial charge in [-0.1, -0.05) is 41.9 Å². The number of halogens is 1. The number of hydrogen-bond acceptors (Lipinski definition) is 2. The molecule has 2 amide bonds. The highest BCUT2D eigenvalue weighted by Gasteiger charge is 2.58. The second-order valence-electron chi connectivity index (χ2n) is 6.71. The van der Waals surface area contributed by atoms with Gasteiger partial charge in [-0.15, -0.1) is 0 Å². The molecule has 0 bridgehead atoms. The first-order chi connectivity index (χ1) is 12.1. The van der Waals surface area contributed by atoms with Crippen LogP contribution in [0.3, 0.4) is 0 Å². The zero-order valence-corrected chi connectivity index (χ0v) is 14.6. The first kappa shape index (κ1) is 16.2. The van der Waals surface area contributed by atoms with Gasteiger partial charge in [0.25, 0.3) is 0 Å². The van der Waals surface area contributed by atoms with E-state index in [9.17, 15) is 9.59 Å². The van der Waals surface area contributed by atoms with Crippen molar-refractivity contribution in [2.45, 2.75) is 25.7 Å². The molecule has 0 aromatic heterocycles. The zero-order chi connectivity index (χ0) is 17.4. The van der Waals surface area contributed by atoms with Gasteiger partial charge in [-0.25, -0.2) is 0 Å². The van der Waals surface area contributed by atoms with Gasteiger partial charge in [0.1, 0.15) is 5.41 Å². The van der Waals surface area contributed by atoms with Crippen LogP contribution < -0.4 is 10.2 Å². The second-order valence-corrected chi connectivity index (χ2v) is 7.11. The fraction of sp³-hybridized carbons (Fsp3) is 0.300. The van der Waals surface area contributed by atoms with Gasteiger partial charge in [0.2, 0.25) is 11.8 Å². The van der Waals surface area contributed by atoms with Crippen LogP contribution in [0.5, 0.6) is 0 Å². The van der Waals surface area contributed by atoms with E-state index >= 15 is 0 Å². The zero-order valence-electron chi connectivity index (χ0n) is 13.8. The molecule has 1 heterocycles. The highest BCUT2D eigenvalue weighted by Crippen LogP contribution is 2.49. The summed E-state index contributed by atoms with van der Waals surface area (Å²) in [4.78, 5) is 27.8. The molecular weight excluding hydrogens is 336 g/mol. The molecule has 128 valence electrons. The Kier molecular flexibility index (Phi) is 4.00. The van der Waals surface area contributed by atoms with E-state index in [0.29, 0.717) is 30.1 Å². The van der Waals surface area contributed by atoms with Crippen LogP contribution in [0, 0.1) is 5.41 Å². The number of para-hydroxylation sites is 2. The molecule has 1 aliphatic carbocycles. The lowest BCUT2D eigenvalue weighted by molar-refractivity contribution is -0.132. The maximum atomic E-state index is 13.2. The lowest BCUT2D eigenvalue weighted by atomic mass is 9.97. The number of hydrogen-bond donors (Lipinski definition) is 1. The summed E-state index contributed by atoms with van der Waals surface area (Å²) in [6, 6.07) is 15.0. The number of fused-ring (bicyclic) bond motifs is 1. The van der Waals surface area contributed by atoms with Crippen molar-refractivity contribution in [2.75, 3.05) is 16.8 Å². The third kappa shape index (κ3) is 2.81. The van der Waals surface area contributed by atoms with Crippen molar-refractivity contribution in [1.82, 2.24) is 0 Å². The summed E-state index contributed by atoms with van der Waals surface area (Å²) in [5.74, 6) is -0.349. The Balaban J connectivity index is 1.58. The Morgan fingerprint density at radius 2 is 1.76 bits per heavy atom. The predicted molar refractivity (Wildman–Crippen MR) is 98.9 cm³/mol. The molecule has 25 heavy (non-hydrogen) atoms. The Morgan fingerprint density at radius 1 is 1.04 bits per heavy atom. The van der Waals surface area contributed by atoms with Crippen LogP contribution in [0.2, 0.25) is 5.02 Å². The monoisotopic (exact) mass is 354 g/mol. The minimum absolute atomic E-state index is 0.0933. The Bertz CT molecular complexity index is 845. The normalized spacial score (nSPS) is 17.6. The number of anilines is 2. The maximum Gasteiger partial charge on any atom is 0.242 e. The van der Waals surface area contributed by atoms with Crippen molar-refractivity contribution in [3.63, 3.8) is 0 Å². The Morgan fingerprint density at radius 3 is 2.52 bits per heavy atom. The highest BCUT2D eigenvalue weighted by molar-refractivity contribution is 6.34. The average molecular weight is 355 g/mol. The van der Waals surface area contributed by atoms with Crippen LogP contribution in [0.15, 0.2) is 48.5 Å². The van der Waals surface area contributed by atoms with Gasteiger partial charge in [0, 0.05) is 12.2 Å². The number of carbonyl (C=O) groups is 2. The van der Waals surface area contributed by atoms with Gasteiger partial charge in [0.15, 0.2) is 0 Å². The number of rotatable bonds is 3. The molecule has 4 nitrogen and oxygen atoms in total. The van der Waals surface area contributed by atoms with E-state index in [1.54, 1.807) is 23.1 Å². The second kappa shape index (κ2) is 6.19. The van der Waals surface area contributed by atoms with E-state index in [1.807, 2.05) is 24.3 Å². The van der Waals surface area contributed by atoms with Gasteiger partial charge in [-0.05, 0) is 49.4 Å². The number of carbonyl (C=O) groups excluding carboxylic acids is 2. The van der Waals surface area contributed by atoms with Gasteiger partial charge in [-0.2, -0.15) is 0 Å². The Labute approximate surface area is 151 Å². The molecule has 1 fully saturated rings. The summed E-state index contributed by atoms with van der Waals surface area (Å²) in [7, 11) is 0. The number of nitrogens with zero attached hydrogens (tertiary/aromatic N) is 1. The standard InChI is InChI=1S/C20H19ClN2O2/c21-15-8-2-3-9-16(15)22-18(24)20(11-12-20)19(25)23-13-5-7-14-6-1-4-10-17(14)23/h1-4,6,8-10H,5,7,11-13H2,(H,22,24). The fourth-order valence-electron chi connectivity index (χ4n) is 3.47. The maximum absolute atomic E-state index is 13.2. The first-order valence-corrected chi connectivity index (χ1v) is 8.95. The number of aryl methyl sites for hydroxylation is 1. The molecule has 0 radical (unpaired) electrons. The van der Waals surface area contributed by atoms with Crippen molar-refractivity contribution >= 4 is 34.8 Å². The summed E-state index contributed by atoms with van der Waals surface area (Å²) in [5, 5.41) is 3.31. The summed E-state index contributed by atoms with van der Waals surface area (Å²) >= 11 is 6.12. The SMILES string of the molecule is O=C(Nc1ccccc1Cl)C1(C(=O)N2CCCc3ccccc32)CC1. The summed E-state index contributed by atoms with van der Waals surface area (Å²) in [5.41, 5.74) is 1.70. The third-order valence-electron chi connectivity index (χ3n) is 5.07. The van der Waals surface area contributed by atoms with Crippen LogP contribution >= 0.6 is 11.6 Å². The molecule has 2 aromatic carbocycles. The van der Waals surface area contributed by atoms with E-state index in [0.717, 1.165) is 18.5 Å². The lowest BCUT2D eigenvalue weighted by Gasteiger charge is -2.32. The molecule has 0 spiro atoms. The van der Waals surface area contributed by atoms with Crippen LogP contribution in [0.1, 0.15) is 24.8 Å². The smallest absolute Gasteiger partial charge is 0.242 e. The largest absolute Gasteiger partial charge is 0.324 e. The fourth-order valence-corrected chi connectivity index (χ4v) is 3.65. The molecule has 0 saturated heterocycles. The van der Waals surface area contributed by atoms with Gasteiger partial charge < -0.3 is 10.2 Å². The van der Waals surface area contributed by atoms with Crippen molar-refractivity contribution < 1.29 is 9.59 Å². The van der Waals surface area contributed by atoms with Crippen molar-refractivity contribution in [2.24, 2.45) is 5.41 Å². The molecule has 2 aliphatic rings. The molecule has 1 saturated carbocycles. The number of amides is 2. The van der Waals surface area contributed by atoms with Crippen LogP contribution in [0.25, 0.3) is 0 Å². The highest BCUT2D eigenvalue weighted by atomic mass is 35.5. The summed E-state index contributed by atoms with van der Waals surface area (Å²) in [6.45, 7) is 0.664. The number of benzene rings is 2. The van der Waals surface area contributed by atoms with Crippen molar-refractivity contribution in [3.05, 3.63) is 59.1 Å². The van der Waals surface area contributed by atoms with E-state index in [1.165, 1.54) is 5.56 Å². The average Bonchev–Trinajstić information content (AvgIpc) is 3.44. The molecule has 5 heteroatoms. The van der Waals surface area contributed by atoms with E-state index in [2.05, 4.69) is 11.4 Å². The first-order valence-electron chi connectivity index (χ1n) is 8.58. The quantitative estimate of drug-likeness (QED) is 0.846. The van der Waals surface area contributed by atoms with Crippen molar-refractivity contribution in [3.8, 4) is 0 Å². The van der Waals surface area contributed by atoms with E-state index in [-0.39, 0.29) is 11.8 Å².